The molecule has 28 heavy (non-hydrogen) atoms. The molecule has 0 radical (unpaired) electrons. The number of benzene rings is 2. The molecule has 0 aromatic heterocycles. The van der Waals surface area contributed by atoms with E-state index in [4.69, 9.17) is 25.8 Å². The fourth-order valence-electron chi connectivity index (χ4n) is 1.95. The Morgan fingerprint density at radius 3 is 2.32 bits per heavy atom. The van der Waals surface area contributed by atoms with Gasteiger partial charge in [-0.1, -0.05) is 29.8 Å². The molecule has 0 aliphatic rings. The minimum Gasteiger partial charge on any atom is -1.00 e. The first-order chi connectivity index (χ1) is 13.0. The predicted octanol–water partition coefficient (Wildman–Crippen LogP) is 0.683. The number of esters is 2. The first-order valence-electron chi connectivity index (χ1n) is 8.13. The minimum absolute atomic E-state index is 0. The van der Waals surface area contributed by atoms with Gasteiger partial charge in [-0.3, -0.25) is 4.79 Å². The van der Waals surface area contributed by atoms with Gasteiger partial charge in [0.1, 0.15) is 5.75 Å². The Kier molecular flexibility index (Phi) is 11.3. The van der Waals surface area contributed by atoms with Gasteiger partial charge in [-0.25, -0.2) is 9.59 Å². The maximum Gasteiger partial charge on any atom is 1.00 e. The van der Waals surface area contributed by atoms with Crippen molar-refractivity contribution in [3.05, 3.63) is 65.2 Å². The molecule has 144 valence electrons. The third-order valence-electron chi connectivity index (χ3n) is 3.26. The number of rotatable bonds is 8. The number of carbonyl (C=O) groups is 3. The van der Waals surface area contributed by atoms with Crippen LogP contribution in [0.5, 0.6) is 5.75 Å². The van der Waals surface area contributed by atoms with Gasteiger partial charge >= 0.3 is 47.6 Å². The van der Waals surface area contributed by atoms with E-state index < -0.39 is 24.8 Å². The summed E-state index contributed by atoms with van der Waals surface area (Å²) in [5.74, 6) is -0.616. The first kappa shape index (κ1) is 24.0. The molecule has 0 saturated carbocycles. The SMILES string of the molecule is O=C(CCCNC(=O)OCOC(=O)c1ccccc1)Oc1ccc(Cl)cc1.[H-].[Na+]. The van der Waals surface area contributed by atoms with Crippen molar-refractivity contribution in [3.63, 3.8) is 0 Å². The van der Waals surface area contributed by atoms with E-state index in [0.717, 1.165) is 0 Å². The molecule has 0 spiro atoms. The standard InChI is InChI=1S/C19H18ClNO6.Na.H/c20-15-8-10-16(11-9-15)27-17(22)7-4-12-21-19(24)26-13-25-18(23)14-5-2-1-3-6-14;;/h1-3,5-6,8-11H,4,7,12-13H2,(H,21,24);;/q;+1;-1. The van der Waals surface area contributed by atoms with Gasteiger partial charge in [0.05, 0.1) is 5.56 Å². The van der Waals surface area contributed by atoms with Crippen LogP contribution < -0.4 is 39.6 Å². The molecule has 2 rings (SSSR count). The Balaban J connectivity index is 0.00000392. The molecule has 1 amide bonds. The van der Waals surface area contributed by atoms with E-state index in [1.54, 1.807) is 54.6 Å². The average Bonchev–Trinajstić information content (AvgIpc) is 2.67. The van der Waals surface area contributed by atoms with Crippen LogP contribution >= 0.6 is 11.6 Å². The van der Waals surface area contributed by atoms with Gasteiger partial charge in [0, 0.05) is 18.0 Å². The quantitative estimate of drug-likeness (QED) is 0.224. The summed E-state index contributed by atoms with van der Waals surface area (Å²) in [4.78, 5) is 34.8. The molecule has 0 bridgehead atoms. The Hall–Kier alpha value is -2.06. The van der Waals surface area contributed by atoms with E-state index in [-0.39, 0.29) is 43.9 Å². The van der Waals surface area contributed by atoms with Crippen molar-refractivity contribution < 1.29 is 59.6 Å². The molecule has 0 unspecified atom stereocenters. The van der Waals surface area contributed by atoms with Gasteiger partial charge in [0.25, 0.3) is 0 Å². The van der Waals surface area contributed by atoms with Gasteiger partial charge in [0.15, 0.2) is 0 Å². The van der Waals surface area contributed by atoms with E-state index in [1.165, 1.54) is 0 Å². The van der Waals surface area contributed by atoms with E-state index in [0.29, 0.717) is 22.8 Å². The number of alkyl carbamates (subject to hydrolysis) is 1. The topological polar surface area (TPSA) is 90.9 Å². The Morgan fingerprint density at radius 2 is 1.64 bits per heavy atom. The van der Waals surface area contributed by atoms with Crippen molar-refractivity contribution in [2.24, 2.45) is 0 Å². The van der Waals surface area contributed by atoms with Crippen molar-refractivity contribution in [1.29, 1.82) is 0 Å². The van der Waals surface area contributed by atoms with Crippen LogP contribution in [0.3, 0.4) is 0 Å². The van der Waals surface area contributed by atoms with Crippen LogP contribution in [0.15, 0.2) is 54.6 Å². The smallest absolute Gasteiger partial charge is 1.00 e. The van der Waals surface area contributed by atoms with Crippen molar-refractivity contribution in [2.75, 3.05) is 13.3 Å². The molecule has 9 heteroatoms. The van der Waals surface area contributed by atoms with E-state index in [9.17, 15) is 14.4 Å². The summed E-state index contributed by atoms with van der Waals surface area (Å²) < 4.78 is 14.6. The molecular formula is C19H19ClNNaO6. The monoisotopic (exact) mass is 415 g/mol. The van der Waals surface area contributed by atoms with Gasteiger partial charge < -0.3 is 21.0 Å². The minimum atomic E-state index is -0.748. The Bertz CT molecular complexity index is 776. The summed E-state index contributed by atoms with van der Waals surface area (Å²) in [5, 5.41) is 2.99. The molecule has 1 N–H and O–H groups in total. The van der Waals surface area contributed by atoms with E-state index >= 15 is 0 Å². The summed E-state index contributed by atoms with van der Waals surface area (Å²) >= 11 is 5.74. The van der Waals surface area contributed by atoms with Gasteiger partial charge in [-0.2, -0.15) is 0 Å². The number of hydrogen-bond acceptors (Lipinski definition) is 6. The normalized spacial score (nSPS) is 9.61. The molecule has 0 fully saturated rings. The summed E-state index contributed by atoms with van der Waals surface area (Å²) in [6, 6.07) is 14.8. The molecule has 0 atom stereocenters. The van der Waals surface area contributed by atoms with Crippen LogP contribution in [0.1, 0.15) is 24.6 Å². The van der Waals surface area contributed by atoms with Gasteiger partial charge in [-0.15, -0.1) is 0 Å². The Labute approximate surface area is 191 Å². The molecule has 2 aromatic rings. The second-order valence-electron chi connectivity index (χ2n) is 5.31. The zero-order chi connectivity index (χ0) is 19.5. The Morgan fingerprint density at radius 1 is 0.964 bits per heavy atom. The third-order valence-corrected chi connectivity index (χ3v) is 3.51. The van der Waals surface area contributed by atoms with Crippen molar-refractivity contribution in [2.45, 2.75) is 12.8 Å². The van der Waals surface area contributed by atoms with Crippen LogP contribution in [-0.4, -0.2) is 31.4 Å². The number of hydrogen-bond donors (Lipinski definition) is 1. The van der Waals surface area contributed by atoms with Crippen LogP contribution in [0.2, 0.25) is 5.02 Å². The largest absolute Gasteiger partial charge is 1.00 e. The summed E-state index contributed by atoms with van der Waals surface area (Å²) in [6.45, 7) is -0.292. The van der Waals surface area contributed by atoms with E-state index in [2.05, 4.69) is 5.32 Å². The molecule has 0 heterocycles. The van der Waals surface area contributed by atoms with Crippen molar-refractivity contribution >= 4 is 29.6 Å². The van der Waals surface area contributed by atoms with Gasteiger partial charge in [-0.05, 0) is 42.8 Å². The van der Waals surface area contributed by atoms with Crippen molar-refractivity contribution in [1.82, 2.24) is 5.32 Å². The fraction of sp³-hybridized carbons (Fsp3) is 0.211. The number of ether oxygens (including phenoxy) is 3. The average molecular weight is 416 g/mol. The van der Waals surface area contributed by atoms with Crippen LogP contribution in [0.25, 0.3) is 0 Å². The molecule has 7 nitrogen and oxygen atoms in total. The van der Waals surface area contributed by atoms with E-state index in [1.807, 2.05) is 0 Å². The second-order valence-corrected chi connectivity index (χ2v) is 5.74. The van der Waals surface area contributed by atoms with Gasteiger partial charge in [0.2, 0.25) is 6.79 Å². The summed E-state index contributed by atoms with van der Waals surface area (Å²) in [5.41, 5.74) is 0.362. The number of halogens is 1. The molecule has 0 aliphatic carbocycles. The van der Waals surface area contributed by atoms with Crippen LogP contribution in [0, 0.1) is 0 Å². The summed E-state index contributed by atoms with van der Waals surface area (Å²) in [6.07, 6.45) is -0.265. The number of amides is 1. The predicted molar refractivity (Wildman–Crippen MR) is 98.6 cm³/mol. The summed E-state index contributed by atoms with van der Waals surface area (Å²) in [7, 11) is 0. The first-order valence-corrected chi connectivity index (χ1v) is 8.51. The molecule has 2 aromatic carbocycles. The third kappa shape index (κ3) is 9.23. The zero-order valence-electron chi connectivity index (χ0n) is 16.4. The van der Waals surface area contributed by atoms with Crippen molar-refractivity contribution in [3.8, 4) is 5.75 Å². The van der Waals surface area contributed by atoms with Crippen LogP contribution in [0.4, 0.5) is 4.79 Å². The fourth-order valence-corrected chi connectivity index (χ4v) is 2.08. The number of carbonyl (C=O) groups excluding carboxylic acids is 3. The second kappa shape index (κ2) is 13.2. The molecule has 0 saturated heterocycles. The number of nitrogens with one attached hydrogen (secondary N) is 1. The van der Waals surface area contributed by atoms with Crippen LogP contribution in [-0.2, 0) is 14.3 Å². The molecule has 0 aliphatic heterocycles. The zero-order valence-corrected chi connectivity index (χ0v) is 18.1. The maximum absolute atomic E-state index is 11.7. The molecular weight excluding hydrogens is 397 g/mol. The maximum atomic E-state index is 11.7.